The SMILES string of the molecule is CCCCC(F)(F)I. The maximum absolute atomic E-state index is 11.9. The standard InChI is InChI=1S/C5H9F2I/c1-2-3-4-5(6,7)8/h2-4H2,1H3. The van der Waals surface area contributed by atoms with Gasteiger partial charge in [0.05, 0.1) is 0 Å². The van der Waals surface area contributed by atoms with E-state index in [0.29, 0.717) is 6.42 Å². The molecule has 0 aliphatic carbocycles. The lowest BCUT2D eigenvalue weighted by atomic mass is 10.3. The quantitative estimate of drug-likeness (QED) is 0.519. The van der Waals surface area contributed by atoms with Crippen LogP contribution >= 0.6 is 22.6 Å². The third kappa shape index (κ3) is 6.59. The van der Waals surface area contributed by atoms with Crippen molar-refractivity contribution in [3.63, 3.8) is 0 Å². The van der Waals surface area contributed by atoms with E-state index in [9.17, 15) is 8.78 Å². The first-order valence-corrected chi connectivity index (χ1v) is 3.71. The second kappa shape index (κ2) is 3.58. The van der Waals surface area contributed by atoms with Gasteiger partial charge in [-0.05, 0) is 29.0 Å². The molecule has 0 rings (SSSR count). The Hall–Kier alpha value is 0.590. The van der Waals surface area contributed by atoms with E-state index in [-0.39, 0.29) is 6.42 Å². The van der Waals surface area contributed by atoms with Crippen molar-refractivity contribution in [2.24, 2.45) is 0 Å². The molecule has 0 aliphatic rings. The molecule has 0 unspecified atom stereocenters. The molecule has 0 aromatic heterocycles. The summed E-state index contributed by atoms with van der Waals surface area (Å²) in [6, 6.07) is 0. The predicted octanol–water partition coefficient (Wildman–Crippen LogP) is 3.20. The van der Waals surface area contributed by atoms with Gasteiger partial charge in [-0.15, -0.1) is 0 Å². The summed E-state index contributed by atoms with van der Waals surface area (Å²) < 4.78 is 21.3. The van der Waals surface area contributed by atoms with E-state index in [0.717, 1.165) is 6.42 Å². The number of unbranched alkanes of at least 4 members (excludes halogenated alkanes) is 1. The Bertz CT molecular complexity index is 57.9. The van der Waals surface area contributed by atoms with E-state index in [1.807, 2.05) is 6.92 Å². The van der Waals surface area contributed by atoms with Crippen LogP contribution in [0.4, 0.5) is 8.78 Å². The summed E-state index contributed by atoms with van der Waals surface area (Å²) in [5.41, 5.74) is 0. The van der Waals surface area contributed by atoms with Crippen molar-refractivity contribution >= 4 is 22.6 Å². The zero-order valence-electron chi connectivity index (χ0n) is 4.76. The molecule has 8 heavy (non-hydrogen) atoms. The lowest BCUT2D eigenvalue weighted by Gasteiger charge is -2.04. The first-order chi connectivity index (χ1) is 3.56. The molecule has 0 fully saturated rings. The molecule has 3 heteroatoms. The summed E-state index contributed by atoms with van der Waals surface area (Å²) in [4.78, 5) is 0. The average Bonchev–Trinajstić information content (AvgIpc) is 1.59. The van der Waals surface area contributed by atoms with Gasteiger partial charge in [-0.3, -0.25) is 0 Å². The molecule has 0 N–H and O–H groups in total. The number of hydrogen-bond donors (Lipinski definition) is 0. The van der Waals surface area contributed by atoms with Gasteiger partial charge in [-0.25, -0.2) is 0 Å². The van der Waals surface area contributed by atoms with Gasteiger partial charge in [0.15, 0.2) is 0 Å². The molecule has 50 valence electrons. The smallest absolute Gasteiger partial charge is 0.195 e. The van der Waals surface area contributed by atoms with Crippen LogP contribution in [0.1, 0.15) is 26.2 Å². The molecule has 0 amide bonds. The highest BCUT2D eigenvalue weighted by Gasteiger charge is 2.21. The third-order valence-electron chi connectivity index (χ3n) is 0.814. The monoisotopic (exact) mass is 234 g/mol. The number of rotatable bonds is 3. The van der Waals surface area contributed by atoms with Crippen LogP contribution in [0.2, 0.25) is 0 Å². The molecule has 0 nitrogen and oxygen atoms in total. The molecular weight excluding hydrogens is 225 g/mol. The van der Waals surface area contributed by atoms with E-state index in [1.165, 1.54) is 22.6 Å². The second-order valence-corrected chi connectivity index (χ2v) is 3.30. The van der Waals surface area contributed by atoms with Crippen molar-refractivity contribution in [2.45, 2.75) is 30.1 Å². The lowest BCUT2D eigenvalue weighted by molar-refractivity contribution is 0.114. The van der Waals surface area contributed by atoms with Crippen molar-refractivity contribution in [3.8, 4) is 0 Å². The minimum atomic E-state index is -2.48. The highest BCUT2D eigenvalue weighted by Crippen LogP contribution is 2.28. The fraction of sp³-hybridized carbons (Fsp3) is 1.00. The van der Waals surface area contributed by atoms with Crippen molar-refractivity contribution in [1.82, 2.24) is 0 Å². The third-order valence-corrected chi connectivity index (χ3v) is 1.35. The van der Waals surface area contributed by atoms with Crippen LogP contribution in [0.3, 0.4) is 0 Å². The van der Waals surface area contributed by atoms with Gasteiger partial charge in [-0.1, -0.05) is 13.3 Å². The van der Waals surface area contributed by atoms with E-state index in [2.05, 4.69) is 0 Å². The molecule has 0 aromatic carbocycles. The summed E-state index contributed by atoms with van der Waals surface area (Å²) in [7, 11) is 0. The van der Waals surface area contributed by atoms with Crippen molar-refractivity contribution in [1.29, 1.82) is 0 Å². The van der Waals surface area contributed by atoms with Gasteiger partial charge in [0.2, 0.25) is 0 Å². The molecular formula is C5H9F2I. The van der Waals surface area contributed by atoms with Crippen molar-refractivity contribution in [2.75, 3.05) is 0 Å². The molecule has 0 saturated carbocycles. The van der Waals surface area contributed by atoms with Crippen LogP contribution < -0.4 is 0 Å². The number of alkyl halides is 3. The van der Waals surface area contributed by atoms with Gasteiger partial charge < -0.3 is 0 Å². The van der Waals surface area contributed by atoms with E-state index in [4.69, 9.17) is 0 Å². The summed E-state index contributed by atoms with van der Waals surface area (Å²) in [6.45, 7) is 1.91. The van der Waals surface area contributed by atoms with Crippen LogP contribution in [-0.2, 0) is 0 Å². The lowest BCUT2D eigenvalue weighted by Crippen LogP contribution is -2.02. The maximum Gasteiger partial charge on any atom is 0.296 e. The molecule has 0 saturated heterocycles. The minimum absolute atomic E-state index is 0.0179. The van der Waals surface area contributed by atoms with Gasteiger partial charge >= 0.3 is 0 Å². The Morgan fingerprint density at radius 3 is 2.12 bits per heavy atom. The van der Waals surface area contributed by atoms with Crippen LogP contribution in [0, 0.1) is 0 Å². The molecule has 0 radical (unpaired) electrons. The highest BCUT2D eigenvalue weighted by atomic mass is 127. The summed E-state index contributed by atoms with van der Waals surface area (Å²) in [5, 5.41) is 0. The maximum atomic E-state index is 11.9. The Labute approximate surface area is 61.8 Å². The fourth-order valence-corrected chi connectivity index (χ4v) is 0.759. The molecule has 0 heterocycles. The predicted molar refractivity (Wildman–Crippen MR) is 38.5 cm³/mol. The summed E-state index contributed by atoms with van der Waals surface area (Å²) in [6.07, 6.45) is 1.48. The largest absolute Gasteiger partial charge is 0.296 e. The number of hydrogen-bond acceptors (Lipinski definition) is 0. The first kappa shape index (κ1) is 8.59. The van der Waals surface area contributed by atoms with Crippen LogP contribution in [0.15, 0.2) is 0 Å². The van der Waals surface area contributed by atoms with Crippen molar-refractivity contribution in [3.05, 3.63) is 0 Å². The zero-order valence-corrected chi connectivity index (χ0v) is 6.91. The Morgan fingerprint density at radius 2 is 2.00 bits per heavy atom. The summed E-state index contributed by atoms with van der Waals surface area (Å²) in [5.74, 6) is 0. The van der Waals surface area contributed by atoms with Crippen LogP contribution in [0.5, 0.6) is 0 Å². The van der Waals surface area contributed by atoms with Gasteiger partial charge in [0.25, 0.3) is 3.93 Å². The normalized spacial score (nSPS) is 12.0. The van der Waals surface area contributed by atoms with Gasteiger partial charge in [0.1, 0.15) is 0 Å². The Morgan fingerprint density at radius 1 is 1.50 bits per heavy atom. The number of halogens is 3. The van der Waals surface area contributed by atoms with Crippen LogP contribution in [-0.4, -0.2) is 3.93 Å². The van der Waals surface area contributed by atoms with Crippen LogP contribution in [0.25, 0.3) is 0 Å². The molecule has 0 aromatic rings. The fourth-order valence-electron chi connectivity index (χ4n) is 0.377. The molecule has 0 aliphatic heterocycles. The minimum Gasteiger partial charge on any atom is -0.195 e. The molecule has 0 spiro atoms. The topological polar surface area (TPSA) is 0 Å². The van der Waals surface area contributed by atoms with E-state index >= 15 is 0 Å². The van der Waals surface area contributed by atoms with Gasteiger partial charge in [-0.2, -0.15) is 8.78 Å². The first-order valence-electron chi connectivity index (χ1n) is 2.63. The zero-order chi connectivity index (χ0) is 6.62. The second-order valence-electron chi connectivity index (χ2n) is 1.72. The average molecular weight is 234 g/mol. The van der Waals surface area contributed by atoms with E-state index < -0.39 is 3.93 Å². The molecule has 0 bridgehead atoms. The Kier molecular flexibility index (Phi) is 3.85. The van der Waals surface area contributed by atoms with Crippen molar-refractivity contribution < 1.29 is 8.78 Å². The van der Waals surface area contributed by atoms with E-state index in [1.54, 1.807) is 0 Å². The Balaban J connectivity index is 3.11. The molecule has 0 atom stereocenters. The van der Waals surface area contributed by atoms with Gasteiger partial charge in [0, 0.05) is 6.42 Å². The summed E-state index contributed by atoms with van der Waals surface area (Å²) >= 11 is 1.17. The highest BCUT2D eigenvalue weighted by molar-refractivity contribution is 14.1.